The highest BCUT2D eigenvalue weighted by atomic mass is 35.5. The molecule has 92 valence electrons. The molecule has 3 rings (SSSR count). The van der Waals surface area contributed by atoms with E-state index < -0.39 is 0 Å². The van der Waals surface area contributed by atoms with E-state index >= 15 is 0 Å². The van der Waals surface area contributed by atoms with E-state index in [2.05, 4.69) is 4.98 Å². The molecule has 1 aliphatic heterocycles. The minimum absolute atomic E-state index is 0.0717. The molecule has 1 saturated heterocycles. The van der Waals surface area contributed by atoms with Gasteiger partial charge in [0, 0.05) is 24.2 Å². The maximum Gasteiger partial charge on any atom is 0.228 e. The van der Waals surface area contributed by atoms with Crippen LogP contribution >= 0.6 is 11.6 Å². The van der Waals surface area contributed by atoms with Gasteiger partial charge >= 0.3 is 0 Å². The van der Waals surface area contributed by atoms with Crippen molar-refractivity contribution in [3.63, 3.8) is 0 Å². The van der Waals surface area contributed by atoms with Crippen molar-refractivity contribution in [2.24, 2.45) is 0 Å². The fourth-order valence-corrected chi connectivity index (χ4v) is 2.35. The fraction of sp³-hybridized carbons (Fsp3) is 0.231. The molecular weight excluding hydrogens is 252 g/mol. The summed E-state index contributed by atoms with van der Waals surface area (Å²) in [6.45, 7) is 0.571. The Morgan fingerprint density at radius 1 is 1.33 bits per heavy atom. The van der Waals surface area contributed by atoms with Gasteiger partial charge < -0.3 is 9.32 Å². The number of anilines is 1. The third-order valence-corrected chi connectivity index (χ3v) is 3.27. The van der Waals surface area contributed by atoms with Crippen molar-refractivity contribution >= 4 is 23.2 Å². The summed E-state index contributed by atoms with van der Waals surface area (Å²) in [7, 11) is 0. The zero-order valence-corrected chi connectivity index (χ0v) is 10.3. The first-order chi connectivity index (χ1) is 8.74. The van der Waals surface area contributed by atoms with Crippen molar-refractivity contribution in [1.29, 1.82) is 0 Å². The van der Waals surface area contributed by atoms with Crippen molar-refractivity contribution in [3.05, 3.63) is 36.9 Å². The van der Waals surface area contributed by atoms with Crippen molar-refractivity contribution in [2.45, 2.75) is 11.8 Å². The summed E-state index contributed by atoms with van der Waals surface area (Å²) in [6.07, 6.45) is 3.46. The Labute approximate surface area is 109 Å². The Hall–Kier alpha value is -1.81. The van der Waals surface area contributed by atoms with Crippen LogP contribution < -0.4 is 4.90 Å². The van der Waals surface area contributed by atoms with Gasteiger partial charge in [-0.3, -0.25) is 4.79 Å². The number of nitrogens with zero attached hydrogens (tertiary/aromatic N) is 2. The molecule has 18 heavy (non-hydrogen) atoms. The lowest BCUT2D eigenvalue weighted by molar-refractivity contribution is -0.117. The summed E-state index contributed by atoms with van der Waals surface area (Å²) >= 11 is 5.98. The summed E-state index contributed by atoms with van der Waals surface area (Å²) in [5.41, 5.74) is 1.80. The van der Waals surface area contributed by atoms with E-state index in [0.717, 1.165) is 11.3 Å². The summed E-state index contributed by atoms with van der Waals surface area (Å²) in [5, 5.41) is -0.0912. The fourth-order valence-electron chi connectivity index (χ4n) is 2.08. The van der Waals surface area contributed by atoms with Crippen LogP contribution in [0.2, 0.25) is 0 Å². The van der Waals surface area contributed by atoms with Crippen LogP contribution in [-0.4, -0.2) is 22.8 Å². The van der Waals surface area contributed by atoms with E-state index in [-0.39, 0.29) is 11.3 Å². The third kappa shape index (κ3) is 1.99. The van der Waals surface area contributed by atoms with Crippen LogP contribution in [0.4, 0.5) is 5.69 Å². The van der Waals surface area contributed by atoms with Crippen molar-refractivity contribution in [2.75, 3.05) is 11.4 Å². The Bertz CT molecular complexity index is 551. The Kier molecular flexibility index (Phi) is 2.80. The molecule has 0 bridgehead atoms. The summed E-state index contributed by atoms with van der Waals surface area (Å²) in [6, 6.07) is 7.60. The molecular formula is C13H11ClN2O2. The van der Waals surface area contributed by atoms with Crippen molar-refractivity contribution in [3.8, 4) is 11.3 Å². The molecule has 0 spiro atoms. The van der Waals surface area contributed by atoms with E-state index in [1.54, 1.807) is 11.1 Å². The monoisotopic (exact) mass is 262 g/mol. The van der Waals surface area contributed by atoms with Crippen LogP contribution in [0.1, 0.15) is 6.42 Å². The molecule has 1 unspecified atom stereocenters. The molecule has 1 aromatic heterocycles. The first-order valence-electron chi connectivity index (χ1n) is 5.67. The number of amides is 1. The maximum atomic E-state index is 11.7. The third-order valence-electron chi connectivity index (χ3n) is 2.97. The van der Waals surface area contributed by atoms with E-state index in [4.69, 9.17) is 16.0 Å². The number of halogens is 1. The number of hydrogen-bond acceptors (Lipinski definition) is 3. The molecule has 1 aromatic carbocycles. The van der Waals surface area contributed by atoms with Crippen LogP contribution in [-0.2, 0) is 4.79 Å². The number of alkyl halides is 1. The minimum Gasteiger partial charge on any atom is -0.444 e. The zero-order valence-electron chi connectivity index (χ0n) is 9.54. The molecule has 4 nitrogen and oxygen atoms in total. The molecule has 1 amide bonds. The summed E-state index contributed by atoms with van der Waals surface area (Å²) < 4.78 is 5.21. The standard InChI is InChI=1S/C13H11ClN2O2/c14-10-5-13(17)16(7-10)11-3-1-9(2-4-11)12-6-15-8-18-12/h1-4,6,8,10H,5,7H2. The second kappa shape index (κ2) is 4.46. The quantitative estimate of drug-likeness (QED) is 0.782. The van der Waals surface area contributed by atoms with Gasteiger partial charge in [0.15, 0.2) is 12.2 Å². The van der Waals surface area contributed by atoms with Gasteiger partial charge in [-0.15, -0.1) is 11.6 Å². The average Bonchev–Trinajstić information content (AvgIpc) is 2.99. The van der Waals surface area contributed by atoms with E-state index in [1.807, 2.05) is 24.3 Å². The second-order valence-corrected chi connectivity index (χ2v) is 4.84. The lowest BCUT2D eigenvalue weighted by Gasteiger charge is -2.15. The lowest BCUT2D eigenvalue weighted by atomic mass is 10.1. The predicted molar refractivity (Wildman–Crippen MR) is 68.6 cm³/mol. The van der Waals surface area contributed by atoms with E-state index in [1.165, 1.54) is 6.39 Å². The van der Waals surface area contributed by atoms with Gasteiger partial charge in [-0.05, 0) is 24.3 Å². The van der Waals surface area contributed by atoms with Gasteiger partial charge in [0.25, 0.3) is 0 Å². The molecule has 2 aromatic rings. The Morgan fingerprint density at radius 3 is 2.67 bits per heavy atom. The Morgan fingerprint density at radius 2 is 2.11 bits per heavy atom. The number of aromatic nitrogens is 1. The summed E-state index contributed by atoms with van der Waals surface area (Å²) in [5.74, 6) is 0.784. The number of rotatable bonds is 2. The first-order valence-corrected chi connectivity index (χ1v) is 6.11. The van der Waals surface area contributed by atoms with E-state index in [0.29, 0.717) is 18.7 Å². The van der Waals surface area contributed by atoms with Crippen LogP contribution in [0.15, 0.2) is 41.3 Å². The smallest absolute Gasteiger partial charge is 0.228 e. The lowest BCUT2D eigenvalue weighted by Crippen LogP contribution is -2.24. The van der Waals surface area contributed by atoms with Gasteiger partial charge in [0.05, 0.1) is 11.6 Å². The normalized spacial score (nSPS) is 19.5. The second-order valence-electron chi connectivity index (χ2n) is 4.22. The molecule has 0 radical (unpaired) electrons. The molecule has 0 N–H and O–H groups in total. The molecule has 2 heterocycles. The van der Waals surface area contributed by atoms with Gasteiger partial charge in [0.1, 0.15) is 0 Å². The average molecular weight is 263 g/mol. The zero-order chi connectivity index (χ0) is 12.5. The van der Waals surface area contributed by atoms with Gasteiger partial charge in [0.2, 0.25) is 5.91 Å². The SMILES string of the molecule is O=C1CC(Cl)CN1c1ccc(-c2cnco2)cc1. The topological polar surface area (TPSA) is 46.3 Å². The largest absolute Gasteiger partial charge is 0.444 e. The molecule has 0 saturated carbocycles. The minimum atomic E-state index is -0.0912. The van der Waals surface area contributed by atoms with Gasteiger partial charge in [-0.25, -0.2) is 4.98 Å². The number of carbonyl (C=O) groups excluding carboxylic acids is 1. The maximum absolute atomic E-state index is 11.7. The highest BCUT2D eigenvalue weighted by molar-refractivity contribution is 6.24. The van der Waals surface area contributed by atoms with Crippen LogP contribution in [0.3, 0.4) is 0 Å². The highest BCUT2D eigenvalue weighted by Crippen LogP contribution is 2.27. The number of oxazole rings is 1. The molecule has 1 atom stereocenters. The predicted octanol–water partition coefficient (Wildman–Crippen LogP) is 2.69. The first kappa shape index (κ1) is 11.3. The van der Waals surface area contributed by atoms with Crippen LogP contribution in [0.25, 0.3) is 11.3 Å². The van der Waals surface area contributed by atoms with Crippen LogP contribution in [0, 0.1) is 0 Å². The summed E-state index contributed by atoms with van der Waals surface area (Å²) in [4.78, 5) is 17.3. The number of benzene rings is 1. The Balaban J connectivity index is 1.85. The van der Waals surface area contributed by atoms with Gasteiger partial charge in [-0.2, -0.15) is 0 Å². The number of hydrogen-bond donors (Lipinski definition) is 0. The van der Waals surface area contributed by atoms with Gasteiger partial charge in [-0.1, -0.05) is 0 Å². The highest BCUT2D eigenvalue weighted by Gasteiger charge is 2.28. The molecule has 1 fully saturated rings. The molecule has 5 heteroatoms. The van der Waals surface area contributed by atoms with Crippen molar-refractivity contribution < 1.29 is 9.21 Å². The van der Waals surface area contributed by atoms with E-state index in [9.17, 15) is 4.79 Å². The molecule has 0 aliphatic carbocycles. The van der Waals surface area contributed by atoms with Crippen molar-refractivity contribution in [1.82, 2.24) is 4.98 Å². The molecule has 1 aliphatic rings. The van der Waals surface area contributed by atoms with Crippen LogP contribution in [0.5, 0.6) is 0 Å². The number of carbonyl (C=O) groups is 1.